The molecule has 0 bridgehead atoms. The summed E-state index contributed by atoms with van der Waals surface area (Å²) >= 11 is 0. The summed E-state index contributed by atoms with van der Waals surface area (Å²) < 4.78 is 3.47. The van der Waals surface area contributed by atoms with Crippen LogP contribution < -0.4 is 0 Å². The molecular formula is C22H24N6O. The Balaban J connectivity index is 1.64. The fraction of sp³-hybridized carbons (Fsp3) is 0.273. The van der Waals surface area contributed by atoms with Gasteiger partial charge in [-0.3, -0.25) is 9.48 Å². The minimum atomic E-state index is -0.0293. The molecule has 0 radical (unpaired) electrons. The zero-order valence-corrected chi connectivity index (χ0v) is 17.1. The van der Waals surface area contributed by atoms with Crippen LogP contribution in [0.5, 0.6) is 0 Å². The van der Waals surface area contributed by atoms with Gasteiger partial charge in [0.1, 0.15) is 6.54 Å². The maximum absolute atomic E-state index is 12.8. The Hall–Kier alpha value is -3.48. The van der Waals surface area contributed by atoms with E-state index in [0.29, 0.717) is 6.54 Å². The van der Waals surface area contributed by atoms with Crippen LogP contribution in [0.15, 0.2) is 48.8 Å². The van der Waals surface area contributed by atoms with Crippen molar-refractivity contribution in [2.24, 2.45) is 7.05 Å². The van der Waals surface area contributed by atoms with E-state index in [9.17, 15) is 4.79 Å². The minimum absolute atomic E-state index is 0.0293. The van der Waals surface area contributed by atoms with Gasteiger partial charge in [-0.25, -0.2) is 9.67 Å². The van der Waals surface area contributed by atoms with Gasteiger partial charge in [0.2, 0.25) is 5.91 Å². The molecule has 3 heterocycles. The number of hydrogen-bond donors (Lipinski definition) is 0. The first-order valence-electron chi connectivity index (χ1n) is 9.54. The summed E-state index contributed by atoms with van der Waals surface area (Å²) in [5, 5.41) is 9.76. The predicted octanol–water partition coefficient (Wildman–Crippen LogP) is 3.11. The standard InChI is InChI=1S/C22H24N6O/c1-15-6-5-7-17(12-15)19-9-10-23-22-21(19)16(2)25-28(22)14-20(29)26(3)13-18-8-11-24-27(18)4/h5-12H,13-14H2,1-4H3. The van der Waals surface area contributed by atoms with E-state index < -0.39 is 0 Å². The van der Waals surface area contributed by atoms with E-state index in [0.717, 1.165) is 33.5 Å². The van der Waals surface area contributed by atoms with Gasteiger partial charge in [0.25, 0.3) is 0 Å². The highest BCUT2D eigenvalue weighted by atomic mass is 16.2. The molecule has 0 aliphatic carbocycles. The molecule has 0 saturated heterocycles. The van der Waals surface area contributed by atoms with Crippen molar-refractivity contribution in [1.82, 2.24) is 29.4 Å². The summed E-state index contributed by atoms with van der Waals surface area (Å²) in [6.07, 6.45) is 3.51. The fourth-order valence-electron chi connectivity index (χ4n) is 3.58. The Morgan fingerprint density at radius 1 is 1.14 bits per heavy atom. The molecule has 7 heteroatoms. The van der Waals surface area contributed by atoms with Crippen molar-refractivity contribution in [3.8, 4) is 11.1 Å². The molecule has 1 amide bonds. The third kappa shape index (κ3) is 3.63. The summed E-state index contributed by atoms with van der Waals surface area (Å²) in [7, 11) is 3.66. The average Bonchev–Trinajstić information content (AvgIpc) is 3.25. The molecule has 0 spiro atoms. The number of benzene rings is 1. The topological polar surface area (TPSA) is 68.8 Å². The van der Waals surface area contributed by atoms with Crippen molar-refractivity contribution in [1.29, 1.82) is 0 Å². The Labute approximate surface area is 169 Å². The summed E-state index contributed by atoms with van der Waals surface area (Å²) in [4.78, 5) is 19.0. The number of carbonyl (C=O) groups is 1. The van der Waals surface area contributed by atoms with Crippen molar-refractivity contribution in [2.75, 3.05) is 7.05 Å². The van der Waals surface area contributed by atoms with E-state index in [1.807, 2.05) is 32.2 Å². The van der Waals surface area contributed by atoms with Gasteiger partial charge in [-0.15, -0.1) is 0 Å². The highest BCUT2D eigenvalue weighted by Crippen LogP contribution is 2.30. The molecular weight excluding hydrogens is 364 g/mol. The maximum atomic E-state index is 12.8. The molecule has 148 valence electrons. The quantitative estimate of drug-likeness (QED) is 0.527. The van der Waals surface area contributed by atoms with Gasteiger partial charge in [-0.1, -0.05) is 29.8 Å². The van der Waals surface area contributed by atoms with E-state index in [1.54, 1.807) is 33.7 Å². The normalized spacial score (nSPS) is 11.2. The predicted molar refractivity (Wildman–Crippen MR) is 112 cm³/mol. The maximum Gasteiger partial charge on any atom is 0.244 e. The van der Waals surface area contributed by atoms with Crippen LogP contribution in [0.3, 0.4) is 0 Å². The zero-order chi connectivity index (χ0) is 20.5. The largest absolute Gasteiger partial charge is 0.338 e. The smallest absolute Gasteiger partial charge is 0.244 e. The fourth-order valence-corrected chi connectivity index (χ4v) is 3.58. The number of hydrogen-bond acceptors (Lipinski definition) is 4. The molecule has 1 aromatic carbocycles. The van der Waals surface area contributed by atoms with Crippen LogP contribution in [0.2, 0.25) is 0 Å². The first-order valence-corrected chi connectivity index (χ1v) is 9.54. The van der Waals surface area contributed by atoms with Crippen LogP contribution in [0.1, 0.15) is 17.0 Å². The van der Waals surface area contributed by atoms with E-state index in [1.165, 1.54) is 5.56 Å². The first-order chi connectivity index (χ1) is 13.9. The summed E-state index contributed by atoms with van der Waals surface area (Å²) in [5.41, 5.74) is 5.97. The van der Waals surface area contributed by atoms with Gasteiger partial charge in [0.15, 0.2) is 5.65 Å². The molecule has 0 N–H and O–H groups in total. The molecule has 0 atom stereocenters. The monoisotopic (exact) mass is 388 g/mol. The Kier molecular flexibility index (Phi) is 4.88. The second-order valence-electron chi connectivity index (χ2n) is 7.37. The second-order valence-corrected chi connectivity index (χ2v) is 7.37. The molecule has 4 rings (SSSR count). The SMILES string of the molecule is Cc1cccc(-c2ccnc3c2c(C)nn3CC(=O)N(C)Cc2ccnn2C)c1. The number of aryl methyl sites for hydroxylation is 3. The number of amides is 1. The number of rotatable bonds is 5. The highest BCUT2D eigenvalue weighted by Gasteiger charge is 2.18. The van der Waals surface area contributed by atoms with Crippen molar-refractivity contribution >= 4 is 16.9 Å². The van der Waals surface area contributed by atoms with Gasteiger partial charge in [0.05, 0.1) is 17.9 Å². The Morgan fingerprint density at radius 2 is 1.97 bits per heavy atom. The Morgan fingerprint density at radius 3 is 2.69 bits per heavy atom. The third-order valence-corrected chi connectivity index (χ3v) is 5.17. The summed E-state index contributed by atoms with van der Waals surface area (Å²) in [5.74, 6) is -0.0293. The molecule has 0 aliphatic heterocycles. The molecule has 7 nitrogen and oxygen atoms in total. The summed E-state index contributed by atoms with van der Waals surface area (Å²) in [6, 6.07) is 12.3. The van der Waals surface area contributed by atoms with E-state index >= 15 is 0 Å². The van der Waals surface area contributed by atoms with Crippen LogP contribution >= 0.6 is 0 Å². The van der Waals surface area contributed by atoms with Crippen molar-refractivity contribution in [3.05, 3.63) is 65.7 Å². The number of fused-ring (bicyclic) bond motifs is 1. The van der Waals surface area contributed by atoms with Crippen molar-refractivity contribution in [2.45, 2.75) is 26.9 Å². The van der Waals surface area contributed by atoms with Crippen LogP contribution in [-0.4, -0.2) is 42.4 Å². The molecule has 0 unspecified atom stereocenters. The number of pyridine rings is 1. The van der Waals surface area contributed by atoms with E-state index in [-0.39, 0.29) is 12.5 Å². The van der Waals surface area contributed by atoms with Crippen molar-refractivity contribution < 1.29 is 4.79 Å². The summed E-state index contributed by atoms with van der Waals surface area (Å²) in [6.45, 7) is 4.68. The number of aromatic nitrogens is 5. The molecule has 0 saturated carbocycles. The average molecular weight is 388 g/mol. The lowest BCUT2D eigenvalue weighted by molar-refractivity contribution is -0.131. The molecule has 29 heavy (non-hydrogen) atoms. The van der Waals surface area contributed by atoms with Gasteiger partial charge in [0, 0.05) is 31.9 Å². The van der Waals surface area contributed by atoms with E-state index in [2.05, 4.69) is 40.3 Å². The van der Waals surface area contributed by atoms with Crippen LogP contribution in [0.25, 0.3) is 22.2 Å². The van der Waals surface area contributed by atoms with Gasteiger partial charge >= 0.3 is 0 Å². The second kappa shape index (κ2) is 7.50. The van der Waals surface area contributed by atoms with E-state index in [4.69, 9.17) is 0 Å². The van der Waals surface area contributed by atoms with Gasteiger partial charge < -0.3 is 4.90 Å². The number of carbonyl (C=O) groups excluding carboxylic acids is 1. The zero-order valence-electron chi connectivity index (χ0n) is 17.1. The highest BCUT2D eigenvalue weighted by molar-refractivity contribution is 5.95. The Bertz CT molecular complexity index is 1190. The lowest BCUT2D eigenvalue weighted by Crippen LogP contribution is -2.31. The lowest BCUT2D eigenvalue weighted by Gasteiger charge is -2.17. The van der Waals surface area contributed by atoms with Crippen LogP contribution in [0.4, 0.5) is 0 Å². The van der Waals surface area contributed by atoms with Crippen molar-refractivity contribution in [3.63, 3.8) is 0 Å². The van der Waals surface area contributed by atoms with Crippen LogP contribution in [0, 0.1) is 13.8 Å². The minimum Gasteiger partial charge on any atom is -0.338 e. The molecule has 3 aromatic heterocycles. The lowest BCUT2D eigenvalue weighted by atomic mass is 10.0. The molecule has 4 aromatic rings. The van der Waals surface area contributed by atoms with Crippen LogP contribution in [-0.2, 0) is 24.9 Å². The number of likely N-dealkylation sites (N-methyl/N-ethyl adjacent to an activating group) is 1. The first kappa shape index (κ1) is 18.9. The van der Waals surface area contributed by atoms with Gasteiger partial charge in [-0.2, -0.15) is 10.2 Å². The molecule has 0 aliphatic rings. The molecule has 0 fully saturated rings. The third-order valence-electron chi connectivity index (χ3n) is 5.17. The number of nitrogens with zero attached hydrogens (tertiary/aromatic N) is 6. The van der Waals surface area contributed by atoms with Gasteiger partial charge in [-0.05, 0) is 37.1 Å².